The quantitative estimate of drug-likeness (QED) is 0.672. The lowest BCUT2D eigenvalue weighted by Gasteiger charge is -2.32. The Morgan fingerprint density at radius 3 is 1.62 bits per heavy atom. The predicted molar refractivity (Wildman–Crippen MR) is 57.7 cm³/mol. The van der Waals surface area contributed by atoms with Crippen LogP contribution < -0.4 is 5.73 Å². The van der Waals surface area contributed by atoms with E-state index in [-0.39, 0.29) is 12.2 Å². The molecule has 0 atom stereocenters. The van der Waals surface area contributed by atoms with Crippen LogP contribution in [0.3, 0.4) is 0 Å². The highest BCUT2D eigenvalue weighted by molar-refractivity contribution is 6.67. The molecule has 0 aromatic rings. The van der Waals surface area contributed by atoms with Gasteiger partial charge in [0.25, 0.3) is 0 Å². The second-order valence-corrected chi connectivity index (χ2v) is 7.21. The van der Waals surface area contributed by atoms with E-state index in [4.69, 9.17) is 14.6 Å². The Kier molecular flexibility index (Phi) is 5.79. The van der Waals surface area contributed by atoms with E-state index in [9.17, 15) is 0 Å². The molecule has 0 aliphatic rings. The fraction of sp³-hybridized carbons (Fsp3) is 1.00. The summed E-state index contributed by atoms with van der Waals surface area (Å²) in [4.78, 5) is 0. The zero-order chi connectivity index (χ0) is 10.5. The molecule has 0 spiro atoms. The lowest BCUT2D eigenvalue weighted by atomic mass is 10.5. The van der Waals surface area contributed by atoms with E-state index < -0.39 is 8.56 Å². The minimum absolute atomic E-state index is 0.203. The first kappa shape index (κ1) is 13.1. The molecular formula is C9H23NO2Si. The van der Waals surface area contributed by atoms with Crippen molar-refractivity contribution in [3.8, 4) is 0 Å². The van der Waals surface area contributed by atoms with Crippen molar-refractivity contribution in [2.24, 2.45) is 5.73 Å². The average Bonchev–Trinajstić information content (AvgIpc) is 2.01. The maximum absolute atomic E-state index is 5.84. The lowest BCUT2D eigenvalue weighted by Crippen LogP contribution is -2.52. The van der Waals surface area contributed by atoms with Crippen molar-refractivity contribution in [3.63, 3.8) is 0 Å². The summed E-state index contributed by atoms with van der Waals surface area (Å²) in [6.45, 7) is 10.2. The monoisotopic (exact) mass is 205 g/mol. The summed E-state index contributed by atoms with van der Waals surface area (Å²) in [6, 6.07) is 0.917. The maximum atomic E-state index is 5.84. The minimum Gasteiger partial charge on any atom is -0.391 e. The van der Waals surface area contributed by atoms with E-state index in [1.807, 2.05) is 27.7 Å². The smallest absolute Gasteiger partial charge is 0.352 e. The van der Waals surface area contributed by atoms with Gasteiger partial charge in [-0.1, -0.05) is 6.92 Å². The van der Waals surface area contributed by atoms with E-state index in [2.05, 4.69) is 6.92 Å². The summed E-state index contributed by atoms with van der Waals surface area (Å²) in [5.41, 5.74) is 5.73. The first-order chi connectivity index (χ1) is 5.95. The molecule has 0 radical (unpaired) electrons. The van der Waals surface area contributed by atoms with Crippen LogP contribution in [0.15, 0.2) is 0 Å². The van der Waals surface area contributed by atoms with Gasteiger partial charge in [0, 0.05) is 18.4 Å². The summed E-state index contributed by atoms with van der Waals surface area (Å²) in [6.07, 6.45) is 0.947. The van der Waals surface area contributed by atoms with Crippen molar-refractivity contribution in [2.75, 3.05) is 6.17 Å². The SMILES string of the molecule is CC[Si](CN)(OC(C)C)OC(C)C. The van der Waals surface area contributed by atoms with E-state index >= 15 is 0 Å². The Morgan fingerprint density at radius 1 is 1.08 bits per heavy atom. The summed E-state index contributed by atoms with van der Waals surface area (Å²) in [5.74, 6) is 0. The molecule has 0 aliphatic heterocycles. The van der Waals surface area contributed by atoms with Gasteiger partial charge in [-0.15, -0.1) is 0 Å². The third-order valence-corrected chi connectivity index (χ3v) is 5.25. The van der Waals surface area contributed by atoms with Crippen molar-refractivity contribution in [3.05, 3.63) is 0 Å². The molecule has 0 saturated heterocycles. The molecule has 80 valence electrons. The van der Waals surface area contributed by atoms with Gasteiger partial charge in [0.05, 0.1) is 0 Å². The van der Waals surface area contributed by atoms with Crippen LogP contribution >= 0.6 is 0 Å². The Balaban J connectivity index is 4.30. The molecule has 0 aliphatic carbocycles. The molecule has 13 heavy (non-hydrogen) atoms. The molecule has 0 rings (SSSR count). The van der Waals surface area contributed by atoms with E-state index in [0.29, 0.717) is 6.17 Å². The molecule has 0 aromatic carbocycles. The van der Waals surface area contributed by atoms with Crippen LogP contribution in [0.25, 0.3) is 0 Å². The molecule has 2 N–H and O–H groups in total. The molecule has 0 saturated carbocycles. The van der Waals surface area contributed by atoms with E-state index in [1.165, 1.54) is 0 Å². The lowest BCUT2D eigenvalue weighted by molar-refractivity contribution is 0.106. The van der Waals surface area contributed by atoms with Gasteiger partial charge in [-0.05, 0) is 33.7 Å². The molecule has 3 nitrogen and oxygen atoms in total. The highest BCUT2D eigenvalue weighted by atomic mass is 28.4. The Morgan fingerprint density at radius 2 is 1.46 bits per heavy atom. The predicted octanol–water partition coefficient (Wildman–Crippen LogP) is 1.80. The fourth-order valence-corrected chi connectivity index (χ4v) is 3.88. The standard InChI is InChI=1S/C9H23NO2Si/c1-6-13(7-10,11-8(2)3)12-9(4)5/h8-9H,6-7,10H2,1-5H3. The topological polar surface area (TPSA) is 44.5 Å². The number of rotatable bonds is 6. The van der Waals surface area contributed by atoms with Gasteiger partial charge in [0.15, 0.2) is 0 Å². The normalized spacial score (nSPS) is 12.9. The molecule has 0 aromatic heterocycles. The maximum Gasteiger partial charge on any atom is 0.352 e. The van der Waals surface area contributed by atoms with Crippen LogP contribution in [-0.2, 0) is 8.85 Å². The molecular weight excluding hydrogens is 182 g/mol. The first-order valence-corrected chi connectivity index (χ1v) is 7.24. The van der Waals surface area contributed by atoms with E-state index in [0.717, 1.165) is 6.04 Å². The Hall–Kier alpha value is 0.0969. The summed E-state index contributed by atoms with van der Waals surface area (Å²) in [7, 11) is -2.09. The van der Waals surface area contributed by atoms with Crippen LogP contribution in [0.2, 0.25) is 6.04 Å². The van der Waals surface area contributed by atoms with Gasteiger partial charge >= 0.3 is 8.56 Å². The van der Waals surface area contributed by atoms with Crippen molar-refractivity contribution in [1.82, 2.24) is 0 Å². The largest absolute Gasteiger partial charge is 0.391 e. The van der Waals surface area contributed by atoms with Gasteiger partial charge in [-0.3, -0.25) is 0 Å². The number of nitrogens with two attached hydrogens (primary N) is 1. The van der Waals surface area contributed by atoms with Crippen molar-refractivity contribution < 1.29 is 8.85 Å². The van der Waals surface area contributed by atoms with Crippen LogP contribution in [0.5, 0.6) is 0 Å². The first-order valence-electron chi connectivity index (χ1n) is 5.01. The van der Waals surface area contributed by atoms with Gasteiger partial charge < -0.3 is 14.6 Å². The van der Waals surface area contributed by atoms with Crippen LogP contribution in [0.4, 0.5) is 0 Å². The highest BCUT2D eigenvalue weighted by Gasteiger charge is 2.36. The molecule has 0 heterocycles. The van der Waals surface area contributed by atoms with Gasteiger partial charge in [-0.2, -0.15) is 0 Å². The second-order valence-electron chi connectivity index (χ2n) is 3.80. The molecule has 0 bridgehead atoms. The van der Waals surface area contributed by atoms with Crippen molar-refractivity contribution in [2.45, 2.75) is 52.9 Å². The van der Waals surface area contributed by atoms with Gasteiger partial charge in [0.2, 0.25) is 0 Å². The molecule has 0 amide bonds. The van der Waals surface area contributed by atoms with Gasteiger partial charge in [-0.25, -0.2) is 0 Å². The number of hydrogen-bond donors (Lipinski definition) is 1. The Bertz CT molecular complexity index is 124. The summed E-state index contributed by atoms with van der Waals surface area (Å²) >= 11 is 0. The van der Waals surface area contributed by atoms with Crippen molar-refractivity contribution >= 4 is 8.56 Å². The number of hydrogen-bond acceptors (Lipinski definition) is 3. The van der Waals surface area contributed by atoms with Crippen LogP contribution in [0, 0.1) is 0 Å². The zero-order valence-electron chi connectivity index (χ0n) is 9.46. The highest BCUT2D eigenvalue weighted by Crippen LogP contribution is 2.16. The summed E-state index contributed by atoms with van der Waals surface area (Å²) < 4.78 is 11.7. The molecule has 0 fully saturated rings. The van der Waals surface area contributed by atoms with E-state index in [1.54, 1.807) is 0 Å². The van der Waals surface area contributed by atoms with Crippen LogP contribution in [-0.4, -0.2) is 26.9 Å². The minimum atomic E-state index is -2.09. The van der Waals surface area contributed by atoms with Crippen molar-refractivity contribution in [1.29, 1.82) is 0 Å². The summed E-state index contributed by atoms with van der Waals surface area (Å²) in [5, 5.41) is 0. The van der Waals surface area contributed by atoms with Crippen LogP contribution in [0.1, 0.15) is 34.6 Å². The second kappa shape index (κ2) is 5.75. The average molecular weight is 205 g/mol. The Labute approximate surface area is 82.9 Å². The molecule has 0 unspecified atom stereocenters. The third-order valence-electron chi connectivity index (χ3n) is 1.75. The zero-order valence-corrected chi connectivity index (χ0v) is 10.5. The molecule has 4 heteroatoms. The van der Waals surface area contributed by atoms with Gasteiger partial charge in [0.1, 0.15) is 0 Å². The fourth-order valence-electron chi connectivity index (χ4n) is 1.29. The third kappa shape index (κ3) is 4.76.